The minimum absolute atomic E-state index is 0.0554. The highest BCUT2D eigenvalue weighted by Crippen LogP contribution is 2.21. The molecule has 0 bridgehead atoms. The molecule has 1 amide bonds. The second-order valence-electron chi connectivity index (χ2n) is 4.43. The molecule has 5 nitrogen and oxygen atoms in total. The summed E-state index contributed by atoms with van der Waals surface area (Å²) in [6.07, 6.45) is 1.27. The van der Waals surface area contributed by atoms with Crippen LogP contribution in [0.2, 0.25) is 5.02 Å². The Kier molecular flexibility index (Phi) is 4.45. The molecular weight excluding hydrogens is 292 g/mol. The molecule has 2 aromatic rings. The summed E-state index contributed by atoms with van der Waals surface area (Å²) in [7, 11) is 0. The van der Waals surface area contributed by atoms with Gasteiger partial charge in [0.2, 0.25) is 0 Å². The molecular formula is C15H13ClN2O3. The van der Waals surface area contributed by atoms with Gasteiger partial charge in [-0.1, -0.05) is 17.7 Å². The van der Waals surface area contributed by atoms with Crippen molar-refractivity contribution < 1.29 is 15.0 Å². The van der Waals surface area contributed by atoms with E-state index in [2.05, 4.69) is 10.5 Å². The van der Waals surface area contributed by atoms with Gasteiger partial charge < -0.3 is 10.2 Å². The lowest BCUT2D eigenvalue weighted by Crippen LogP contribution is -2.18. The van der Waals surface area contributed by atoms with Crippen molar-refractivity contribution >= 4 is 23.7 Å². The largest absolute Gasteiger partial charge is 0.508 e. The van der Waals surface area contributed by atoms with Crippen molar-refractivity contribution in [1.82, 2.24) is 5.43 Å². The van der Waals surface area contributed by atoms with Gasteiger partial charge in [-0.25, -0.2) is 5.43 Å². The number of nitrogens with one attached hydrogen (secondary N) is 1. The fourth-order valence-electron chi connectivity index (χ4n) is 1.67. The van der Waals surface area contributed by atoms with Gasteiger partial charge in [-0.3, -0.25) is 4.79 Å². The van der Waals surface area contributed by atoms with Crippen LogP contribution >= 0.6 is 11.6 Å². The van der Waals surface area contributed by atoms with Crippen LogP contribution in [0.1, 0.15) is 21.5 Å². The number of phenolic OH excluding ortho intramolecular Hbond substituents is 2. The summed E-state index contributed by atoms with van der Waals surface area (Å²) in [4.78, 5) is 11.9. The minimum Gasteiger partial charge on any atom is -0.508 e. The number of carbonyl (C=O) groups is 1. The first-order valence-electron chi connectivity index (χ1n) is 6.09. The monoisotopic (exact) mass is 304 g/mol. The topological polar surface area (TPSA) is 81.9 Å². The first-order chi connectivity index (χ1) is 9.97. The molecule has 0 saturated heterocycles. The van der Waals surface area contributed by atoms with Gasteiger partial charge in [0.05, 0.1) is 16.8 Å². The number of hydrogen-bond acceptors (Lipinski definition) is 4. The molecule has 2 aromatic carbocycles. The van der Waals surface area contributed by atoms with E-state index in [1.54, 1.807) is 18.2 Å². The molecule has 0 aromatic heterocycles. The van der Waals surface area contributed by atoms with Crippen LogP contribution in [0.15, 0.2) is 41.5 Å². The third-order valence-electron chi connectivity index (χ3n) is 2.75. The number of amides is 1. The summed E-state index contributed by atoms with van der Waals surface area (Å²) in [6, 6.07) is 9.13. The lowest BCUT2D eigenvalue weighted by Gasteiger charge is -2.04. The van der Waals surface area contributed by atoms with E-state index in [4.69, 9.17) is 16.7 Å². The van der Waals surface area contributed by atoms with E-state index in [1.807, 2.05) is 6.92 Å². The predicted octanol–water partition coefficient (Wildman–Crippen LogP) is 2.82. The van der Waals surface area contributed by atoms with Crippen molar-refractivity contribution in [2.75, 3.05) is 0 Å². The lowest BCUT2D eigenvalue weighted by molar-refractivity contribution is 0.0955. The van der Waals surface area contributed by atoms with Gasteiger partial charge in [0.25, 0.3) is 5.91 Å². The Morgan fingerprint density at radius 1 is 1.24 bits per heavy atom. The summed E-state index contributed by atoms with van der Waals surface area (Å²) in [6.45, 7) is 1.87. The zero-order chi connectivity index (χ0) is 15.4. The summed E-state index contributed by atoms with van der Waals surface area (Å²) >= 11 is 5.98. The third-order valence-corrected chi connectivity index (χ3v) is 3.07. The number of hydrazone groups is 1. The molecule has 0 aliphatic rings. The van der Waals surface area contributed by atoms with E-state index in [0.717, 1.165) is 5.56 Å². The summed E-state index contributed by atoms with van der Waals surface area (Å²) in [5.41, 5.74) is 3.95. The van der Waals surface area contributed by atoms with Crippen LogP contribution in [0.4, 0.5) is 0 Å². The van der Waals surface area contributed by atoms with Crippen molar-refractivity contribution in [2.24, 2.45) is 5.10 Å². The van der Waals surface area contributed by atoms with Gasteiger partial charge in [-0.15, -0.1) is 0 Å². The first kappa shape index (κ1) is 14.9. The zero-order valence-electron chi connectivity index (χ0n) is 11.2. The number of halogens is 1. The van der Waals surface area contributed by atoms with E-state index in [1.165, 1.54) is 24.4 Å². The third kappa shape index (κ3) is 3.73. The van der Waals surface area contributed by atoms with E-state index in [0.29, 0.717) is 16.1 Å². The highest BCUT2D eigenvalue weighted by molar-refractivity contribution is 6.33. The van der Waals surface area contributed by atoms with Crippen LogP contribution in [0.5, 0.6) is 11.5 Å². The molecule has 0 unspecified atom stereocenters. The Labute approximate surface area is 126 Å². The lowest BCUT2D eigenvalue weighted by atomic mass is 10.1. The number of hydrogen-bond donors (Lipinski definition) is 3. The molecule has 0 aliphatic heterocycles. The molecule has 0 atom stereocenters. The van der Waals surface area contributed by atoms with Crippen LogP contribution in [-0.4, -0.2) is 22.3 Å². The molecule has 0 aliphatic carbocycles. The van der Waals surface area contributed by atoms with Crippen molar-refractivity contribution in [3.8, 4) is 11.5 Å². The second-order valence-corrected chi connectivity index (χ2v) is 4.83. The SMILES string of the molecule is Cc1ccc(C(=O)N/N=C/c2ccc(O)cc2O)c(Cl)c1. The van der Waals surface area contributed by atoms with E-state index >= 15 is 0 Å². The maximum atomic E-state index is 11.9. The van der Waals surface area contributed by atoms with Gasteiger partial charge in [0, 0.05) is 11.6 Å². The number of carbonyl (C=O) groups excluding carboxylic acids is 1. The maximum Gasteiger partial charge on any atom is 0.272 e. The number of phenols is 2. The van der Waals surface area contributed by atoms with E-state index < -0.39 is 5.91 Å². The number of aromatic hydroxyl groups is 2. The fraction of sp³-hybridized carbons (Fsp3) is 0.0667. The Balaban J connectivity index is 2.08. The average molecular weight is 305 g/mol. The summed E-state index contributed by atoms with van der Waals surface area (Å²) < 4.78 is 0. The zero-order valence-corrected chi connectivity index (χ0v) is 11.9. The Hall–Kier alpha value is -2.53. The molecule has 6 heteroatoms. The average Bonchev–Trinajstić information content (AvgIpc) is 2.41. The summed E-state index contributed by atoms with van der Waals surface area (Å²) in [5.74, 6) is -0.643. The molecule has 0 saturated carbocycles. The molecule has 3 N–H and O–H groups in total. The molecule has 2 rings (SSSR count). The van der Waals surface area contributed by atoms with Gasteiger partial charge in [0.15, 0.2) is 0 Å². The number of nitrogens with zero attached hydrogens (tertiary/aromatic N) is 1. The Bertz CT molecular complexity index is 714. The maximum absolute atomic E-state index is 11.9. The van der Waals surface area contributed by atoms with Gasteiger partial charge >= 0.3 is 0 Å². The number of benzene rings is 2. The predicted molar refractivity (Wildman–Crippen MR) is 81.0 cm³/mol. The van der Waals surface area contributed by atoms with Crippen LogP contribution in [0.3, 0.4) is 0 Å². The van der Waals surface area contributed by atoms with Crippen molar-refractivity contribution in [3.63, 3.8) is 0 Å². The number of rotatable bonds is 3. The summed E-state index contributed by atoms with van der Waals surface area (Å²) in [5, 5.41) is 22.8. The minimum atomic E-state index is -0.450. The normalized spacial score (nSPS) is 10.8. The molecule has 108 valence electrons. The molecule has 0 fully saturated rings. The van der Waals surface area contributed by atoms with Crippen molar-refractivity contribution in [3.05, 3.63) is 58.1 Å². The highest BCUT2D eigenvalue weighted by Gasteiger charge is 2.09. The van der Waals surface area contributed by atoms with E-state index in [9.17, 15) is 9.90 Å². The van der Waals surface area contributed by atoms with Crippen LogP contribution in [0.25, 0.3) is 0 Å². The van der Waals surface area contributed by atoms with Gasteiger partial charge in [0.1, 0.15) is 11.5 Å². The number of aryl methyl sites for hydroxylation is 1. The Morgan fingerprint density at radius 3 is 2.67 bits per heavy atom. The Morgan fingerprint density at radius 2 is 2.00 bits per heavy atom. The molecule has 0 heterocycles. The van der Waals surface area contributed by atoms with Crippen molar-refractivity contribution in [1.29, 1.82) is 0 Å². The van der Waals surface area contributed by atoms with E-state index in [-0.39, 0.29) is 11.5 Å². The van der Waals surface area contributed by atoms with Crippen LogP contribution < -0.4 is 5.43 Å². The van der Waals surface area contributed by atoms with Gasteiger partial charge in [-0.05, 0) is 36.8 Å². The van der Waals surface area contributed by atoms with Crippen molar-refractivity contribution in [2.45, 2.75) is 6.92 Å². The smallest absolute Gasteiger partial charge is 0.272 e. The highest BCUT2D eigenvalue weighted by atomic mass is 35.5. The van der Waals surface area contributed by atoms with Crippen LogP contribution in [-0.2, 0) is 0 Å². The van der Waals surface area contributed by atoms with Crippen LogP contribution in [0, 0.1) is 6.92 Å². The quantitative estimate of drug-likeness (QED) is 0.602. The second kappa shape index (κ2) is 6.28. The first-order valence-corrected chi connectivity index (χ1v) is 6.46. The van der Waals surface area contributed by atoms with Gasteiger partial charge in [-0.2, -0.15) is 5.10 Å². The molecule has 0 radical (unpaired) electrons. The molecule has 0 spiro atoms. The fourth-order valence-corrected chi connectivity index (χ4v) is 1.99. The standard InChI is InChI=1S/C15H13ClN2O3/c1-9-2-5-12(13(16)6-9)15(21)18-17-8-10-3-4-11(19)7-14(10)20/h2-8,19-20H,1H3,(H,18,21)/b17-8+. The molecule has 21 heavy (non-hydrogen) atoms.